The molecule has 3 atom stereocenters. The number of benzene rings is 3. The van der Waals surface area contributed by atoms with Crippen LogP contribution in [0.4, 0.5) is 4.39 Å². The van der Waals surface area contributed by atoms with Gasteiger partial charge < -0.3 is 20.1 Å². The zero-order valence-corrected chi connectivity index (χ0v) is 27.2. The average Bonchev–Trinajstić information content (AvgIpc) is 3.03. The number of rotatable bonds is 13. The van der Waals surface area contributed by atoms with Gasteiger partial charge in [-0.2, -0.15) is 0 Å². The number of carboxylic acid groups (broad SMARTS) is 1. The Morgan fingerprint density at radius 2 is 1.89 bits per heavy atom. The summed E-state index contributed by atoms with van der Waals surface area (Å²) in [6, 6.07) is 19.0. The van der Waals surface area contributed by atoms with Crippen molar-refractivity contribution in [1.82, 2.24) is 15.5 Å². The molecule has 240 valence electrons. The van der Waals surface area contributed by atoms with Gasteiger partial charge >= 0.3 is 5.97 Å². The Labute approximate surface area is 276 Å². The van der Waals surface area contributed by atoms with Gasteiger partial charge in [0.05, 0.1) is 23.2 Å². The van der Waals surface area contributed by atoms with E-state index in [4.69, 9.17) is 9.84 Å². The number of nitrogens with zero attached hydrogens (tertiary/aromatic N) is 1. The lowest BCUT2D eigenvalue weighted by atomic mass is 9.75. The van der Waals surface area contributed by atoms with E-state index < -0.39 is 23.6 Å². The normalized spacial score (nSPS) is 19.9. The molecule has 1 fully saturated rings. The smallest absolute Gasteiger partial charge is 0.303 e. The molecule has 2 aliphatic heterocycles. The molecule has 0 radical (unpaired) electrons. The lowest BCUT2D eigenvalue weighted by Crippen LogP contribution is -2.73. The van der Waals surface area contributed by atoms with Crippen molar-refractivity contribution in [3.05, 3.63) is 99.3 Å². The molecule has 3 aromatic rings. The predicted molar refractivity (Wildman–Crippen MR) is 176 cm³/mol. The zero-order chi connectivity index (χ0) is 32.7. The molecule has 5 rings (SSSR count). The first kappa shape index (κ1) is 33.2. The Bertz CT molecular complexity index is 1650. The Morgan fingerprint density at radius 3 is 2.65 bits per heavy atom. The molecule has 2 aliphatic rings. The van der Waals surface area contributed by atoms with Crippen molar-refractivity contribution in [3.8, 4) is 17.6 Å². The number of carbonyl (C=O) groups is 3. The third-order valence-corrected chi connectivity index (χ3v) is 9.17. The summed E-state index contributed by atoms with van der Waals surface area (Å²) in [5, 5.41) is 15.7. The second-order valence-corrected chi connectivity index (χ2v) is 12.6. The molecule has 3 N–H and O–H groups in total. The molecule has 2 amide bonds. The number of ether oxygens (including phenoxy) is 1. The summed E-state index contributed by atoms with van der Waals surface area (Å²) >= 11 is 3.38. The van der Waals surface area contributed by atoms with Crippen molar-refractivity contribution in [1.29, 1.82) is 0 Å². The highest BCUT2D eigenvalue weighted by molar-refractivity contribution is 9.10. The number of carbonyl (C=O) groups excluding carboxylic acids is 2. The van der Waals surface area contributed by atoms with Crippen LogP contribution < -0.4 is 15.4 Å². The summed E-state index contributed by atoms with van der Waals surface area (Å²) in [5.41, 5.74) is 2.84. The highest BCUT2D eigenvalue weighted by Crippen LogP contribution is 2.40. The summed E-state index contributed by atoms with van der Waals surface area (Å²) < 4.78 is 20.1. The Balaban J connectivity index is 1.37. The highest BCUT2D eigenvalue weighted by atomic mass is 79.9. The monoisotopic (exact) mass is 689 g/mol. The second kappa shape index (κ2) is 14.9. The fraction of sp³-hybridized carbons (Fsp3) is 0.361. The van der Waals surface area contributed by atoms with E-state index in [2.05, 4.69) is 38.4 Å². The van der Waals surface area contributed by atoms with Gasteiger partial charge in [0.25, 0.3) is 0 Å². The molecule has 10 heteroatoms. The summed E-state index contributed by atoms with van der Waals surface area (Å²) in [4.78, 5) is 40.7. The van der Waals surface area contributed by atoms with E-state index in [1.165, 1.54) is 12.1 Å². The van der Waals surface area contributed by atoms with Crippen LogP contribution in [0, 0.1) is 24.6 Å². The van der Waals surface area contributed by atoms with Crippen LogP contribution in [0.25, 0.3) is 0 Å². The number of halogens is 2. The van der Waals surface area contributed by atoms with Crippen LogP contribution in [-0.4, -0.2) is 59.1 Å². The number of amides is 2. The van der Waals surface area contributed by atoms with Gasteiger partial charge in [0.15, 0.2) is 0 Å². The highest BCUT2D eigenvalue weighted by Gasteiger charge is 2.55. The largest absolute Gasteiger partial charge is 0.492 e. The minimum absolute atomic E-state index is 0.0546. The standard InChI is InChI=1S/C36H37BrFN3O5/c1-24-6-2-3-7-26(24)17-20-39-35(45)36-19-5-8-29(40-36)23-41(32(42)9-4-10-33(43)44)34(36)27-13-11-25(12-14-27)18-21-46-31-22-28(38)15-16-30(31)37/h2-3,6-7,11-16,22,29,34,40H,4,9-10,17-21,23H2,1H3,(H,39,45)(H,43,44). The van der Waals surface area contributed by atoms with Crippen LogP contribution in [0.5, 0.6) is 5.75 Å². The third kappa shape index (κ3) is 7.77. The number of aliphatic carboxylic acids is 1. The maximum Gasteiger partial charge on any atom is 0.303 e. The van der Waals surface area contributed by atoms with Gasteiger partial charge in [-0.15, -0.1) is 0 Å². The number of nitrogens with one attached hydrogen (secondary N) is 2. The van der Waals surface area contributed by atoms with Crippen LogP contribution >= 0.6 is 15.9 Å². The van der Waals surface area contributed by atoms with Gasteiger partial charge in [0, 0.05) is 44.8 Å². The van der Waals surface area contributed by atoms with Gasteiger partial charge in [-0.25, -0.2) is 4.39 Å². The van der Waals surface area contributed by atoms with E-state index in [9.17, 15) is 18.8 Å². The number of aryl methyl sites for hydroxylation is 1. The van der Waals surface area contributed by atoms with E-state index >= 15 is 0 Å². The molecule has 0 saturated carbocycles. The van der Waals surface area contributed by atoms with E-state index in [-0.39, 0.29) is 49.9 Å². The minimum atomic E-state index is -1.20. The molecule has 2 bridgehead atoms. The molecule has 1 saturated heterocycles. The maximum absolute atomic E-state index is 14.2. The number of piperazine rings is 1. The van der Waals surface area contributed by atoms with Crippen molar-refractivity contribution in [2.75, 3.05) is 19.7 Å². The lowest BCUT2D eigenvalue weighted by molar-refractivity contribution is -0.145. The summed E-state index contributed by atoms with van der Waals surface area (Å²) in [5.74, 6) is 4.95. The quantitative estimate of drug-likeness (QED) is 0.215. The van der Waals surface area contributed by atoms with Crippen molar-refractivity contribution in [2.24, 2.45) is 0 Å². The minimum Gasteiger partial charge on any atom is -0.492 e. The molecule has 8 nitrogen and oxygen atoms in total. The number of hydrogen-bond acceptors (Lipinski definition) is 5. The summed E-state index contributed by atoms with van der Waals surface area (Å²) in [6.07, 6.45) is 1.58. The predicted octanol–water partition coefficient (Wildman–Crippen LogP) is 5.12. The summed E-state index contributed by atoms with van der Waals surface area (Å²) in [7, 11) is 0. The van der Waals surface area contributed by atoms with Gasteiger partial charge in [0.1, 0.15) is 17.1 Å². The lowest BCUT2D eigenvalue weighted by Gasteiger charge is -2.52. The van der Waals surface area contributed by atoms with Crippen LogP contribution in [0.15, 0.2) is 71.2 Å². The number of fused-ring (bicyclic) bond motifs is 2. The van der Waals surface area contributed by atoms with Crippen molar-refractivity contribution >= 4 is 33.7 Å². The first-order valence-corrected chi connectivity index (χ1v) is 16.2. The third-order valence-electron chi connectivity index (χ3n) is 8.52. The van der Waals surface area contributed by atoms with Gasteiger partial charge in [-0.3, -0.25) is 19.7 Å². The SMILES string of the molecule is Cc1ccccc1CCNC(=O)C12CC#CC(CN(C(=O)CCCC(=O)O)C1c1ccc(CCOc3cc(F)ccc3Br)cc1)N2. The van der Waals surface area contributed by atoms with E-state index in [0.717, 1.165) is 22.3 Å². The molecular formula is C36H37BrFN3O5. The maximum atomic E-state index is 14.2. The topological polar surface area (TPSA) is 108 Å². The van der Waals surface area contributed by atoms with Crippen molar-refractivity contribution in [3.63, 3.8) is 0 Å². The van der Waals surface area contributed by atoms with Gasteiger partial charge in [-0.05, 0) is 70.1 Å². The molecule has 0 aromatic heterocycles. The second-order valence-electron chi connectivity index (χ2n) is 11.7. The Kier molecular flexibility index (Phi) is 10.8. The average molecular weight is 691 g/mol. The molecule has 0 spiro atoms. The number of hydrogen-bond donors (Lipinski definition) is 3. The van der Waals surface area contributed by atoms with Crippen molar-refractivity contribution in [2.45, 2.75) is 63.1 Å². The van der Waals surface area contributed by atoms with E-state index in [1.807, 2.05) is 55.5 Å². The number of carboxylic acids is 1. The molecule has 46 heavy (non-hydrogen) atoms. The first-order valence-electron chi connectivity index (χ1n) is 15.4. The van der Waals surface area contributed by atoms with Crippen molar-refractivity contribution < 1.29 is 28.6 Å². The first-order chi connectivity index (χ1) is 22.2. The molecule has 3 unspecified atom stereocenters. The van der Waals surface area contributed by atoms with Crippen LogP contribution in [0.3, 0.4) is 0 Å². The van der Waals surface area contributed by atoms with Gasteiger partial charge in [-0.1, -0.05) is 60.4 Å². The zero-order valence-electron chi connectivity index (χ0n) is 25.7. The molecule has 3 aromatic carbocycles. The summed E-state index contributed by atoms with van der Waals surface area (Å²) in [6.45, 7) is 3.07. The van der Waals surface area contributed by atoms with Crippen LogP contribution in [0.1, 0.15) is 54.0 Å². The van der Waals surface area contributed by atoms with Crippen LogP contribution in [0.2, 0.25) is 0 Å². The van der Waals surface area contributed by atoms with Gasteiger partial charge in [0.2, 0.25) is 11.8 Å². The molecule has 0 aliphatic carbocycles. The fourth-order valence-corrected chi connectivity index (χ4v) is 6.51. The molecular weight excluding hydrogens is 653 g/mol. The Hall–Kier alpha value is -4.20. The van der Waals surface area contributed by atoms with E-state index in [0.29, 0.717) is 36.2 Å². The Morgan fingerprint density at radius 1 is 1.11 bits per heavy atom. The fourth-order valence-electron chi connectivity index (χ4n) is 6.15. The van der Waals surface area contributed by atoms with E-state index in [1.54, 1.807) is 11.0 Å². The van der Waals surface area contributed by atoms with Crippen LogP contribution in [-0.2, 0) is 27.2 Å². The molecule has 2 heterocycles.